The molecule has 0 bridgehead atoms. The van der Waals surface area contributed by atoms with Gasteiger partial charge in [0.15, 0.2) is 0 Å². The minimum absolute atomic E-state index is 0.0286. The Balaban J connectivity index is 5.12. The van der Waals surface area contributed by atoms with E-state index in [1.165, 1.54) is 14.2 Å². The number of aliphatic hydroxyl groups is 8. The lowest BCUT2D eigenvalue weighted by molar-refractivity contribution is -0.327. The molecule has 0 aliphatic heterocycles. The Morgan fingerprint density at radius 2 is 1.19 bits per heavy atom. The van der Waals surface area contributed by atoms with Gasteiger partial charge in [0.2, 0.25) is 17.4 Å². The van der Waals surface area contributed by atoms with E-state index >= 15 is 0 Å². The molecular weight excluding hydrogens is 484 g/mol. The number of hydrogen-bond donors (Lipinski definition) is 8. The van der Waals surface area contributed by atoms with Gasteiger partial charge in [0.25, 0.3) is 0 Å². The third-order valence-corrected chi connectivity index (χ3v) is 6.32. The van der Waals surface area contributed by atoms with Crippen LogP contribution in [0.15, 0.2) is 0 Å². The van der Waals surface area contributed by atoms with Crippen molar-refractivity contribution >= 4 is 0 Å². The highest BCUT2D eigenvalue weighted by Crippen LogP contribution is 2.31. The van der Waals surface area contributed by atoms with Crippen LogP contribution in [0.1, 0.15) is 52.4 Å². The van der Waals surface area contributed by atoms with E-state index in [9.17, 15) is 35.7 Å². The highest BCUT2D eigenvalue weighted by molar-refractivity contribution is 4.86. The second-order valence-corrected chi connectivity index (χ2v) is 9.36. The van der Waals surface area contributed by atoms with Crippen molar-refractivity contribution in [3.63, 3.8) is 0 Å². The van der Waals surface area contributed by atoms with Gasteiger partial charge in [-0.05, 0) is 52.4 Å². The molecule has 0 saturated heterocycles. The standard InChI is InChI=1S/C23H48O13/c1-20(2,11-10-17(28)21(31,14-25)32-3)36-23(16-27,34-5)19(30)9-7-13-35-22(15-26,33-4)18(29)8-6-12-24/h17-19,24-31H,6-16H2,1-5H3/t17-,18-,19-,21?,22?,23?/m1/s1. The van der Waals surface area contributed by atoms with Gasteiger partial charge in [-0.15, -0.1) is 0 Å². The Morgan fingerprint density at radius 1 is 0.667 bits per heavy atom. The zero-order chi connectivity index (χ0) is 28.0. The smallest absolute Gasteiger partial charge is 0.218 e. The minimum atomic E-state index is -2.14. The molecule has 0 aromatic rings. The zero-order valence-corrected chi connectivity index (χ0v) is 22.1. The molecule has 0 aliphatic rings. The van der Waals surface area contributed by atoms with E-state index in [2.05, 4.69) is 0 Å². The number of aliphatic hydroxyl groups excluding tert-OH is 7. The average molecular weight is 533 g/mol. The highest BCUT2D eigenvalue weighted by atomic mass is 16.7. The number of methoxy groups -OCH3 is 3. The van der Waals surface area contributed by atoms with Crippen molar-refractivity contribution < 1.29 is 64.5 Å². The van der Waals surface area contributed by atoms with Crippen LogP contribution in [-0.4, -0.2) is 136 Å². The normalized spacial score (nSPS) is 20.2. The number of rotatable bonds is 22. The Bertz CT molecular complexity index is 562. The first-order chi connectivity index (χ1) is 16.8. The molecule has 0 aromatic heterocycles. The predicted molar refractivity (Wildman–Crippen MR) is 127 cm³/mol. The van der Waals surface area contributed by atoms with Crippen molar-refractivity contribution in [3.05, 3.63) is 0 Å². The molecule has 0 fully saturated rings. The van der Waals surface area contributed by atoms with Crippen molar-refractivity contribution in [2.45, 2.75) is 93.6 Å². The fraction of sp³-hybridized carbons (Fsp3) is 1.00. The Morgan fingerprint density at radius 3 is 1.64 bits per heavy atom. The molecule has 13 heteroatoms. The lowest BCUT2D eigenvalue weighted by Gasteiger charge is -2.42. The van der Waals surface area contributed by atoms with Crippen molar-refractivity contribution in [1.29, 1.82) is 0 Å². The molecule has 0 radical (unpaired) electrons. The van der Waals surface area contributed by atoms with Crippen molar-refractivity contribution in [1.82, 2.24) is 0 Å². The number of hydrogen-bond acceptors (Lipinski definition) is 13. The van der Waals surface area contributed by atoms with Gasteiger partial charge < -0.3 is 64.5 Å². The molecule has 8 N–H and O–H groups in total. The first-order valence-corrected chi connectivity index (χ1v) is 12.0. The molecule has 0 spiro atoms. The fourth-order valence-corrected chi connectivity index (χ4v) is 3.74. The summed E-state index contributed by atoms with van der Waals surface area (Å²) in [4.78, 5) is 0. The van der Waals surface area contributed by atoms with Crippen LogP contribution in [0, 0.1) is 0 Å². The molecule has 3 unspecified atom stereocenters. The lowest BCUT2D eigenvalue weighted by atomic mass is 9.95. The summed E-state index contributed by atoms with van der Waals surface area (Å²) in [6.07, 6.45) is -3.16. The first kappa shape index (κ1) is 35.5. The summed E-state index contributed by atoms with van der Waals surface area (Å²) >= 11 is 0. The third kappa shape index (κ3) is 9.98. The maximum Gasteiger partial charge on any atom is 0.218 e. The molecular formula is C23H48O13. The summed E-state index contributed by atoms with van der Waals surface area (Å²) in [6, 6.07) is 0. The lowest BCUT2D eigenvalue weighted by Crippen LogP contribution is -2.55. The molecule has 0 rings (SSSR count). The van der Waals surface area contributed by atoms with Gasteiger partial charge in [-0.25, -0.2) is 0 Å². The Kier molecular flexibility index (Phi) is 16.2. The maximum absolute atomic E-state index is 10.8. The SMILES string of the molecule is COC(O)(CO)[C@H](O)CCC(C)(C)OC(CO)(OC)[C@H](O)CCCOC(CO)(OC)[C@H](O)CCCO. The van der Waals surface area contributed by atoms with E-state index < -0.39 is 61.1 Å². The monoisotopic (exact) mass is 532 g/mol. The van der Waals surface area contributed by atoms with Gasteiger partial charge >= 0.3 is 0 Å². The summed E-state index contributed by atoms with van der Waals surface area (Å²) in [7, 11) is 3.68. The summed E-state index contributed by atoms with van der Waals surface area (Å²) in [5.41, 5.74) is -1.06. The van der Waals surface area contributed by atoms with Gasteiger partial charge in [-0.2, -0.15) is 0 Å². The van der Waals surface area contributed by atoms with Crippen molar-refractivity contribution in [3.8, 4) is 0 Å². The second kappa shape index (κ2) is 16.4. The zero-order valence-electron chi connectivity index (χ0n) is 22.1. The van der Waals surface area contributed by atoms with Crippen LogP contribution in [0.4, 0.5) is 0 Å². The molecule has 0 aromatic carbocycles. The number of ether oxygens (including phenoxy) is 5. The predicted octanol–water partition coefficient (Wildman–Crippen LogP) is -1.79. The van der Waals surface area contributed by atoms with E-state index in [4.69, 9.17) is 28.8 Å². The molecule has 0 aliphatic carbocycles. The van der Waals surface area contributed by atoms with Gasteiger partial charge in [0.1, 0.15) is 18.3 Å². The van der Waals surface area contributed by atoms with E-state index in [1.807, 2.05) is 0 Å². The van der Waals surface area contributed by atoms with E-state index in [0.29, 0.717) is 0 Å². The second-order valence-electron chi connectivity index (χ2n) is 9.36. The molecule has 0 amide bonds. The van der Waals surface area contributed by atoms with Crippen LogP contribution in [0.2, 0.25) is 0 Å². The Labute approximate surface area is 213 Å². The van der Waals surface area contributed by atoms with Crippen LogP contribution >= 0.6 is 0 Å². The molecule has 0 heterocycles. The van der Waals surface area contributed by atoms with Crippen LogP contribution in [0.25, 0.3) is 0 Å². The summed E-state index contributed by atoms with van der Waals surface area (Å²) in [5.74, 6) is -5.64. The van der Waals surface area contributed by atoms with Crippen LogP contribution in [0.3, 0.4) is 0 Å². The quantitative estimate of drug-likeness (QED) is 0.0573. The third-order valence-electron chi connectivity index (χ3n) is 6.32. The van der Waals surface area contributed by atoms with E-state index in [-0.39, 0.29) is 51.7 Å². The average Bonchev–Trinajstić information content (AvgIpc) is 2.88. The Hall–Kier alpha value is -0.520. The maximum atomic E-state index is 10.8. The van der Waals surface area contributed by atoms with Crippen molar-refractivity contribution in [2.75, 3.05) is 54.4 Å². The van der Waals surface area contributed by atoms with Gasteiger partial charge in [0.05, 0.1) is 32.0 Å². The summed E-state index contributed by atoms with van der Waals surface area (Å²) in [5, 5.41) is 79.3. The van der Waals surface area contributed by atoms with E-state index in [1.54, 1.807) is 13.8 Å². The molecule has 36 heavy (non-hydrogen) atoms. The van der Waals surface area contributed by atoms with Crippen LogP contribution in [0.5, 0.6) is 0 Å². The van der Waals surface area contributed by atoms with E-state index in [0.717, 1.165) is 7.11 Å². The fourth-order valence-electron chi connectivity index (χ4n) is 3.74. The summed E-state index contributed by atoms with van der Waals surface area (Å²) in [6.45, 7) is 0.976. The largest absolute Gasteiger partial charge is 0.396 e. The van der Waals surface area contributed by atoms with Gasteiger partial charge in [-0.1, -0.05) is 0 Å². The molecule has 218 valence electrons. The topological polar surface area (TPSA) is 208 Å². The molecule has 0 saturated carbocycles. The van der Waals surface area contributed by atoms with Gasteiger partial charge in [0, 0.05) is 27.9 Å². The molecule has 13 nitrogen and oxygen atoms in total. The van der Waals surface area contributed by atoms with Crippen LogP contribution in [-0.2, 0) is 23.7 Å². The summed E-state index contributed by atoms with van der Waals surface area (Å²) < 4.78 is 26.9. The van der Waals surface area contributed by atoms with Gasteiger partial charge in [-0.3, -0.25) is 0 Å². The highest BCUT2D eigenvalue weighted by Gasteiger charge is 2.45. The first-order valence-electron chi connectivity index (χ1n) is 12.0. The molecule has 6 atom stereocenters. The minimum Gasteiger partial charge on any atom is -0.396 e. The van der Waals surface area contributed by atoms with Crippen molar-refractivity contribution in [2.24, 2.45) is 0 Å². The van der Waals surface area contributed by atoms with Crippen LogP contribution < -0.4 is 0 Å².